The second kappa shape index (κ2) is 16.9. The number of fused-ring (bicyclic) bond motifs is 1. The summed E-state index contributed by atoms with van der Waals surface area (Å²) >= 11 is 1.73. The van der Waals surface area contributed by atoms with E-state index >= 15 is 0 Å². The average molecular weight is 725 g/mol. The lowest BCUT2D eigenvalue weighted by atomic mass is 10.2. The molecule has 0 saturated carbocycles. The minimum atomic E-state index is -0.407. The molecule has 12 heteroatoms. The van der Waals surface area contributed by atoms with Crippen LogP contribution in [-0.2, 0) is 30.9 Å². The second-order valence-corrected chi connectivity index (χ2v) is 13.8. The predicted octanol–water partition coefficient (Wildman–Crippen LogP) is 6.75. The van der Waals surface area contributed by atoms with Gasteiger partial charge in [-0.1, -0.05) is 97.9 Å². The van der Waals surface area contributed by atoms with Gasteiger partial charge in [-0.05, 0) is 29.2 Å². The minimum absolute atomic E-state index is 0.0110. The van der Waals surface area contributed by atoms with Gasteiger partial charge in [-0.15, -0.1) is 11.3 Å². The van der Waals surface area contributed by atoms with Gasteiger partial charge < -0.3 is 23.7 Å². The molecule has 1 saturated heterocycles. The number of imidazole rings is 2. The highest BCUT2D eigenvalue weighted by molar-refractivity contribution is 7.18. The molecule has 0 unspecified atom stereocenters. The van der Waals surface area contributed by atoms with Crippen LogP contribution in [0.4, 0.5) is 5.82 Å². The number of carbonyl (C=O) groups excluding carboxylic acids is 2. The van der Waals surface area contributed by atoms with Gasteiger partial charge in [0, 0.05) is 56.5 Å². The van der Waals surface area contributed by atoms with Crippen LogP contribution < -0.4 is 4.90 Å². The van der Waals surface area contributed by atoms with Gasteiger partial charge >= 0.3 is 5.97 Å². The number of rotatable bonds is 10. The number of hydrogen-bond acceptors (Lipinski definition) is 9. The second-order valence-electron chi connectivity index (χ2n) is 12.7. The molecule has 5 heterocycles. The molecule has 0 aliphatic carbocycles. The molecule has 1 aliphatic heterocycles. The number of thiophene rings is 1. The minimum Gasteiger partial charge on any atom is -0.456 e. The van der Waals surface area contributed by atoms with Crippen molar-refractivity contribution in [2.75, 3.05) is 31.1 Å². The maximum absolute atomic E-state index is 13.0. The summed E-state index contributed by atoms with van der Waals surface area (Å²) in [5.74, 6) is 0.555. The van der Waals surface area contributed by atoms with Gasteiger partial charge in [-0.2, -0.15) is 0 Å². The fourth-order valence-corrected chi connectivity index (χ4v) is 7.03. The largest absolute Gasteiger partial charge is 0.456 e. The summed E-state index contributed by atoms with van der Waals surface area (Å²) in [4.78, 5) is 48.9. The van der Waals surface area contributed by atoms with Gasteiger partial charge in [0.25, 0.3) is 5.91 Å². The molecular weight excluding hydrogens is 685 g/mol. The van der Waals surface area contributed by atoms with Crippen molar-refractivity contribution in [1.29, 1.82) is 0 Å². The first-order valence-corrected chi connectivity index (χ1v) is 18.4. The molecule has 0 atom stereocenters. The molecule has 268 valence electrons. The molecule has 53 heavy (non-hydrogen) atoms. The Bertz CT molecular complexity index is 2240. The molecule has 1 aliphatic rings. The fraction of sp³-hybridized carbons (Fsp3) is 0.220. The number of carbonyl (C=O) groups is 2. The van der Waals surface area contributed by atoms with Crippen LogP contribution in [0, 0.1) is 0 Å². The quantitative estimate of drug-likeness (QED) is 0.143. The number of aromatic nitrogens is 6. The lowest BCUT2D eigenvalue weighted by Gasteiger charge is -2.35. The lowest BCUT2D eigenvalue weighted by Crippen LogP contribution is -2.49. The van der Waals surface area contributed by atoms with E-state index in [1.165, 1.54) is 10.4 Å². The first-order chi connectivity index (χ1) is 26.0. The Kier molecular flexibility index (Phi) is 11.3. The highest BCUT2D eigenvalue weighted by atomic mass is 32.1. The van der Waals surface area contributed by atoms with Gasteiger partial charge in [0.15, 0.2) is 5.69 Å². The first-order valence-electron chi connectivity index (χ1n) is 17.6. The van der Waals surface area contributed by atoms with Gasteiger partial charge in [0.05, 0.1) is 18.0 Å². The smallest absolute Gasteiger partial charge is 0.358 e. The summed E-state index contributed by atoms with van der Waals surface area (Å²) in [5.41, 5.74) is 4.12. The van der Waals surface area contributed by atoms with Gasteiger partial charge in [-0.25, -0.2) is 24.7 Å². The van der Waals surface area contributed by atoms with E-state index in [9.17, 15) is 9.59 Å². The van der Waals surface area contributed by atoms with E-state index < -0.39 is 5.97 Å². The molecule has 3 aromatic carbocycles. The van der Waals surface area contributed by atoms with Crippen LogP contribution >= 0.6 is 11.3 Å². The molecule has 0 N–H and O–H groups in total. The van der Waals surface area contributed by atoms with Crippen LogP contribution in [-0.4, -0.2) is 72.0 Å². The topological polar surface area (TPSA) is 111 Å². The Balaban J connectivity index is 0.000000174. The number of amides is 1. The molecule has 11 nitrogen and oxygen atoms in total. The van der Waals surface area contributed by atoms with Crippen molar-refractivity contribution in [3.8, 4) is 0 Å². The molecule has 8 rings (SSSR count). The summed E-state index contributed by atoms with van der Waals surface area (Å²) in [6, 6.07) is 32.0. The SMILES string of the molecule is CCc1cc2c(N3CCN(C(=O)c4cn(Cc5ccccc5)cn4)CC3)ncnc2s1.O=C(OCc1ccccc1)c1cn(Cc2ccccc2)cn1. The van der Waals surface area contributed by atoms with E-state index in [0.29, 0.717) is 37.6 Å². The maximum atomic E-state index is 13.0. The summed E-state index contributed by atoms with van der Waals surface area (Å²) in [6.45, 7) is 6.61. The van der Waals surface area contributed by atoms with Crippen LogP contribution in [0.5, 0.6) is 0 Å². The fourth-order valence-electron chi connectivity index (χ4n) is 6.10. The molecule has 4 aromatic heterocycles. The Labute approximate surface area is 312 Å². The highest BCUT2D eigenvalue weighted by Crippen LogP contribution is 2.31. The lowest BCUT2D eigenvalue weighted by molar-refractivity contribution is 0.0466. The monoisotopic (exact) mass is 724 g/mol. The number of aryl methyl sites for hydroxylation is 1. The third-order valence-corrected chi connectivity index (χ3v) is 10.1. The average Bonchev–Trinajstić information content (AvgIpc) is 3.99. The standard InChI is InChI=1S/C23H24N6OS.C18H16N2O2/c1-2-18-12-19-21(24-15-25-22(19)31-18)28-8-10-29(11-9-28)23(30)20-14-27(16-26-20)13-17-6-4-3-5-7-17;21-18(22-13-16-9-5-2-6-10-16)17-12-20(14-19-17)11-15-7-3-1-4-8-15/h3-7,12,14-16H,2,8-11,13H2,1H3;1-10,12,14H,11,13H2. The predicted molar refractivity (Wildman–Crippen MR) is 206 cm³/mol. The van der Waals surface area contributed by atoms with Crippen LogP contribution in [0.25, 0.3) is 10.2 Å². The van der Waals surface area contributed by atoms with Crippen LogP contribution in [0.1, 0.15) is 49.5 Å². The van der Waals surface area contributed by atoms with E-state index in [1.54, 1.807) is 36.5 Å². The highest BCUT2D eigenvalue weighted by Gasteiger charge is 2.25. The Morgan fingerprint density at radius 2 is 1.26 bits per heavy atom. The van der Waals surface area contributed by atoms with Crippen molar-refractivity contribution in [2.45, 2.75) is 33.0 Å². The Morgan fingerprint density at radius 3 is 1.87 bits per heavy atom. The normalized spacial score (nSPS) is 12.7. The number of nitrogens with zero attached hydrogens (tertiary/aromatic N) is 8. The number of piperazine rings is 1. The third-order valence-electron chi connectivity index (χ3n) is 8.90. The third kappa shape index (κ3) is 9.03. The molecule has 7 aromatic rings. The van der Waals surface area contributed by atoms with Gasteiger partial charge in [0.1, 0.15) is 29.3 Å². The number of anilines is 1. The zero-order chi connectivity index (χ0) is 36.4. The summed E-state index contributed by atoms with van der Waals surface area (Å²) in [5, 5.41) is 1.11. The molecule has 0 radical (unpaired) electrons. The van der Waals surface area contributed by atoms with E-state index in [1.807, 2.05) is 99.1 Å². The van der Waals surface area contributed by atoms with Crippen molar-refractivity contribution in [2.24, 2.45) is 0 Å². The van der Waals surface area contributed by atoms with Gasteiger partial charge in [-0.3, -0.25) is 4.79 Å². The van der Waals surface area contributed by atoms with Crippen LogP contribution in [0.3, 0.4) is 0 Å². The first kappa shape index (κ1) is 35.3. The van der Waals surface area contributed by atoms with Crippen molar-refractivity contribution in [3.63, 3.8) is 0 Å². The van der Waals surface area contributed by atoms with Crippen molar-refractivity contribution < 1.29 is 14.3 Å². The molecular formula is C41H40N8O3S. The summed E-state index contributed by atoms with van der Waals surface area (Å²) in [6.07, 6.45) is 9.57. The summed E-state index contributed by atoms with van der Waals surface area (Å²) < 4.78 is 9.09. The number of hydrogen-bond donors (Lipinski definition) is 0. The Morgan fingerprint density at radius 1 is 0.698 bits per heavy atom. The number of esters is 1. The molecule has 1 amide bonds. The zero-order valence-electron chi connectivity index (χ0n) is 29.5. The number of benzene rings is 3. The van der Waals surface area contributed by atoms with E-state index in [4.69, 9.17) is 4.74 Å². The Hall–Kier alpha value is -6.14. The summed E-state index contributed by atoms with van der Waals surface area (Å²) in [7, 11) is 0. The van der Waals surface area contributed by atoms with E-state index in [2.05, 4.69) is 50.0 Å². The van der Waals surface area contributed by atoms with E-state index in [-0.39, 0.29) is 12.5 Å². The van der Waals surface area contributed by atoms with Crippen LogP contribution in [0.2, 0.25) is 0 Å². The van der Waals surface area contributed by atoms with Crippen molar-refractivity contribution in [3.05, 3.63) is 161 Å². The zero-order valence-corrected chi connectivity index (χ0v) is 30.3. The van der Waals surface area contributed by atoms with E-state index in [0.717, 1.165) is 46.7 Å². The number of ether oxygens (including phenoxy) is 1. The van der Waals surface area contributed by atoms with Crippen molar-refractivity contribution >= 4 is 39.2 Å². The molecule has 0 bridgehead atoms. The molecule has 0 spiro atoms. The van der Waals surface area contributed by atoms with Crippen LogP contribution in [0.15, 0.2) is 128 Å². The van der Waals surface area contributed by atoms with Crippen molar-refractivity contribution in [1.82, 2.24) is 34.0 Å². The maximum Gasteiger partial charge on any atom is 0.358 e. The van der Waals surface area contributed by atoms with Gasteiger partial charge in [0.2, 0.25) is 0 Å². The molecule has 1 fully saturated rings.